The van der Waals surface area contributed by atoms with E-state index in [-0.39, 0.29) is 17.9 Å². The van der Waals surface area contributed by atoms with Gasteiger partial charge in [0.05, 0.1) is 30.2 Å². The predicted molar refractivity (Wildman–Crippen MR) is 118 cm³/mol. The lowest BCUT2D eigenvalue weighted by Gasteiger charge is -2.23. The maximum absolute atomic E-state index is 12.6. The van der Waals surface area contributed by atoms with E-state index in [9.17, 15) is 9.59 Å². The molecule has 0 bridgehead atoms. The molecular formula is C24H26N4O3. The van der Waals surface area contributed by atoms with Crippen LogP contribution in [0.25, 0.3) is 5.69 Å². The second-order valence-electron chi connectivity index (χ2n) is 7.80. The molecule has 31 heavy (non-hydrogen) atoms. The summed E-state index contributed by atoms with van der Waals surface area (Å²) in [6.07, 6.45) is 5.30. The van der Waals surface area contributed by atoms with Crippen molar-refractivity contribution in [2.24, 2.45) is 0 Å². The standard InChI is InChI=1S/C24H26N4O3/c1-17-4-2-5-18(12-17)13-23(29)26-21-15-25-28(16-21)22-7-3-6-19(14-22)24(30)27-20-8-10-31-11-9-20/h2-7,12,14-16,20H,8-11,13H2,1H3,(H,26,29)(H,27,30). The molecule has 1 fully saturated rings. The Labute approximate surface area is 181 Å². The molecule has 1 saturated heterocycles. The quantitative estimate of drug-likeness (QED) is 0.643. The van der Waals surface area contributed by atoms with Crippen LogP contribution in [0.3, 0.4) is 0 Å². The molecule has 3 aromatic rings. The van der Waals surface area contributed by atoms with Crippen LogP contribution in [0.2, 0.25) is 0 Å². The highest BCUT2D eigenvalue weighted by Gasteiger charge is 2.17. The third kappa shape index (κ3) is 5.58. The number of nitrogens with one attached hydrogen (secondary N) is 2. The van der Waals surface area contributed by atoms with Crippen LogP contribution < -0.4 is 10.6 Å². The Morgan fingerprint density at radius 2 is 1.94 bits per heavy atom. The average molecular weight is 418 g/mol. The van der Waals surface area contributed by atoms with Crippen molar-refractivity contribution in [3.05, 3.63) is 77.6 Å². The minimum absolute atomic E-state index is 0.102. The van der Waals surface area contributed by atoms with E-state index in [1.165, 1.54) is 0 Å². The number of anilines is 1. The second kappa shape index (κ2) is 9.57. The van der Waals surface area contributed by atoms with E-state index in [0.717, 1.165) is 29.7 Å². The van der Waals surface area contributed by atoms with Crippen molar-refractivity contribution < 1.29 is 14.3 Å². The molecule has 7 heteroatoms. The fraction of sp³-hybridized carbons (Fsp3) is 0.292. The number of aromatic nitrogens is 2. The number of ether oxygens (including phenoxy) is 1. The highest BCUT2D eigenvalue weighted by molar-refractivity contribution is 5.95. The lowest BCUT2D eigenvalue weighted by Crippen LogP contribution is -2.38. The number of aryl methyl sites for hydroxylation is 1. The molecule has 4 rings (SSSR count). The van der Waals surface area contributed by atoms with Crippen LogP contribution in [0.1, 0.15) is 34.3 Å². The largest absolute Gasteiger partial charge is 0.381 e. The van der Waals surface area contributed by atoms with E-state index in [4.69, 9.17) is 4.74 Å². The summed E-state index contributed by atoms with van der Waals surface area (Å²) >= 11 is 0. The Hall–Kier alpha value is -3.45. The molecule has 0 radical (unpaired) electrons. The van der Waals surface area contributed by atoms with Gasteiger partial charge in [0.15, 0.2) is 0 Å². The first kappa shape index (κ1) is 20.8. The molecule has 1 aliphatic rings. The molecule has 2 N–H and O–H groups in total. The van der Waals surface area contributed by atoms with Gasteiger partial charge in [-0.15, -0.1) is 0 Å². The fourth-order valence-electron chi connectivity index (χ4n) is 3.64. The van der Waals surface area contributed by atoms with Crippen LogP contribution in [-0.2, 0) is 16.0 Å². The lowest BCUT2D eigenvalue weighted by molar-refractivity contribution is -0.115. The zero-order valence-corrected chi connectivity index (χ0v) is 17.5. The van der Waals surface area contributed by atoms with E-state index in [1.54, 1.807) is 29.2 Å². The van der Waals surface area contributed by atoms with Crippen molar-refractivity contribution in [1.82, 2.24) is 15.1 Å². The average Bonchev–Trinajstić information content (AvgIpc) is 3.23. The van der Waals surface area contributed by atoms with Crippen molar-refractivity contribution >= 4 is 17.5 Å². The maximum atomic E-state index is 12.6. The van der Waals surface area contributed by atoms with E-state index in [1.807, 2.05) is 43.3 Å². The van der Waals surface area contributed by atoms with Gasteiger partial charge in [0.25, 0.3) is 5.91 Å². The number of hydrogen-bond donors (Lipinski definition) is 2. The number of carbonyl (C=O) groups is 2. The predicted octanol–water partition coefficient (Wildman–Crippen LogP) is 3.27. The van der Waals surface area contributed by atoms with Gasteiger partial charge in [-0.3, -0.25) is 9.59 Å². The van der Waals surface area contributed by atoms with Gasteiger partial charge in [-0.05, 0) is 43.5 Å². The summed E-state index contributed by atoms with van der Waals surface area (Å²) < 4.78 is 6.99. The van der Waals surface area contributed by atoms with Crippen molar-refractivity contribution in [3.8, 4) is 5.69 Å². The molecule has 0 aliphatic carbocycles. The van der Waals surface area contributed by atoms with Gasteiger partial charge >= 0.3 is 0 Å². The normalized spacial score (nSPS) is 14.2. The van der Waals surface area contributed by atoms with Crippen LogP contribution in [0.5, 0.6) is 0 Å². The fourth-order valence-corrected chi connectivity index (χ4v) is 3.64. The minimum Gasteiger partial charge on any atom is -0.381 e. The SMILES string of the molecule is Cc1cccc(CC(=O)Nc2cnn(-c3cccc(C(=O)NC4CCOCC4)c3)c2)c1. The number of rotatable bonds is 6. The van der Waals surface area contributed by atoms with Gasteiger partial charge in [-0.1, -0.05) is 35.9 Å². The molecule has 1 aromatic heterocycles. The summed E-state index contributed by atoms with van der Waals surface area (Å²) in [7, 11) is 0. The highest BCUT2D eigenvalue weighted by Crippen LogP contribution is 2.15. The molecule has 0 spiro atoms. The summed E-state index contributed by atoms with van der Waals surface area (Å²) in [4.78, 5) is 25.0. The molecular weight excluding hydrogens is 392 g/mol. The first-order valence-corrected chi connectivity index (χ1v) is 10.5. The monoisotopic (exact) mass is 418 g/mol. The Kier molecular flexibility index (Phi) is 6.43. The van der Waals surface area contributed by atoms with Gasteiger partial charge in [0.2, 0.25) is 5.91 Å². The van der Waals surface area contributed by atoms with Crippen LogP contribution in [0.15, 0.2) is 60.9 Å². The van der Waals surface area contributed by atoms with E-state index >= 15 is 0 Å². The molecule has 1 aliphatic heterocycles. The van der Waals surface area contributed by atoms with Gasteiger partial charge in [-0.25, -0.2) is 4.68 Å². The van der Waals surface area contributed by atoms with E-state index < -0.39 is 0 Å². The maximum Gasteiger partial charge on any atom is 0.251 e. The first-order chi connectivity index (χ1) is 15.1. The zero-order chi connectivity index (χ0) is 21.6. The zero-order valence-electron chi connectivity index (χ0n) is 17.5. The molecule has 2 aromatic carbocycles. The number of benzene rings is 2. The Balaban J connectivity index is 1.39. The molecule has 7 nitrogen and oxygen atoms in total. The second-order valence-corrected chi connectivity index (χ2v) is 7.80. The molecule has 2 heterocycles. The van der Waals surface area contributed by atoms with E-state index in [0.29, 0.717) is 30.9 Å². The number of nitrogens with zero attached hydrogens (tertiary/aromatic N) is 2. The van der Waals surface area contributed by atoms with Crippen molar-refractivity contribution in [1.29, 1.82) is 0 Å². The van der Waals surface area contributed by atoms with Gasteiger partial charge < -0.3 is 15.4 Å². The first-order valence-electron chi connectivity index (χ1n) is 10.5. The van der Waals surface area contributed by atoms with Crippen molar-refractivity contribution in [2.45, 2.75) is 32.2 Å². The summed E-state index contributed by atoms with van der Waals surface area (Å²) in [5.41, 5.74) is 4.02. The minimum atomic E-state index is -0.104. The smallest absolute Gasteiger partial charge is 0.251 e. The van der Waals surface area contributed by atoms with Gasteiger partial charge in [-0.2, -0.15) is 5.10 Å². The van der Waals surface area contributed by atoms with Crippen LogP contribution >= 0.6 is 0 Å². The van der Waals surface area contributed by atoms with E-state index in [2.05, 4.69) is 15.7 Å². The topological polar surface area (TPSA) is 85.2 Å². The summed E-state index contributed by atoms with van der Waals surface area (Å²) in [5.74, 6) is -0.206. The number of hydrogen-bond acceptors (Lipinski definition) is 4. The summed E-state index contributed by atoms with van der Waals surface area (Å²) in [5, 5.41) is 10.3. The molecule has 0 unspecified atom stereocenters. The molecule has 160 valence electrons. The highest BCUT2D eigenvalue weighted by atomic mass is 16.5. The Bertz CT molecular complexity index is 1070. The molecule has 0 saturated carbocycles. The lowest BCUT2D eigenvalue weighted by atomic mass is 10.1. The number of carbonyl (C=O) groups excluding carboxylic acids is 2. The van der Waals surface area contributed by atoms with Crippen LogP contribution in [0, 0.1) is 6.92 Å². The Morgan fingerprint density at radius 3 is 2.74 bits per heavy atom. The van der Waals surface area contributed by atoms with Crippen LogP contribution in [-0.4, -0.2) is 40.9 Å². The van der Waals surface area contributed by atoms with Crippen molar-refractivity contribution in [2.75, 3.05) is 18.5 Å². The Morgan fingerprint density at radius 1 is 1.13 bits per heavy atom. The van der Waals surface area contributed by atoms with Crippen LogP contribution in [0.4, 0.5) is 5.69 Å². The third-order valence-electron chi connectivity index (χ3n) is 5.24. The molecule has 2 amide bonds. The van der Waals surface area contributed by atoms with Gasteiger partial charge in [0.1, 0.15) is 0 Å². The summed E-state index contributed by atoms with van der Waals surface area (Å²) in [6, 6.07) is 15.3. The molecule has 0 atom stereocenters. The number of amides is 2. The van der Waals surface area contributed by atoms with Crippen molar-refractivity contribution in [3.63, 3.8) is 0 Å². The van der Waals surface area contributed by atoms with Gasteiger partial charge in [0, 0.05) is 24.8 Å². The third-order valence-corrected chi connectivity index (χ3v) is 5.24. The summed E-state index contributed by atoms with van der Waals surface area (Å²) in [6.45, 7) is 3.36.